The lowest BCUT2D eigenvalue weighted by atomic mass is 9.72. The standard InChI is InChI=1S/C11H18O3/c1-14-11(9(12)13)8-4-7-10(11)5-2-3-6-10/h2-8H2,1H3,(H,12,13). The van der Waals surface area contributed by atoms with E-state index in [1.165, 1.54) is 12.8 Å². The summed E-state index contributed by atoms with van der Waals surface area (Å²) in [7, 11) is 1.56. The Labute approximate surface area is 84.4 Å². The molecule has 2 aliphatic rings. The van der Waals surface area contributed by atoms with Gasteiger partial charge in [0.15, 0.2) is 5.60 Å². The summed E-state index contributed by atoms with van der Waals surface area (Å²) in [4.78, 5) is 11.4. The monoisotopic (exact) mass is 198 g/mol. The lowest BCUT2D eigenvalue weighted by molar-refractivity contribution is -0.177. The summed E-state index contributed by atoms with van der Waals surface area (Å²) in [6.45, 7) is 0. The molecule has 0 aromatic carbocycles. The third-order valence-corrected chi connectivity index (χ3v) is 4.30. The lowest BCUT2D eigenvalue weighted by Gasteiger charge is -2.39. The van der Waals surface area contributed by atoms with Gasteiger partial charge in [-0.05, 0) is 32.1 Å². The van der Waals surface area contributed by atoms with Gasteiger partial charge in [0.1, 0.15) is 0 Å². The van der Waals surface area contributed by atoms with Crippen LogP contribution >= 0.6 is 0 Å². The second-order valence-corrected chi connectivity index (χ2v) is 4.68. The maximum Gasteiger partial charge on any atom is 0.336 e. The van der Waals surface area contributed by atoms with Gasteiger partial charge in [0.2, 0.25) is 0 Å². The van der Waals surface area contributed by atoms with E-state index in [4.69, 9.17) is 4.74 Å². The van der Waals surface area contributed by atoms with E-state index in [1.54, 1.807) is 7.11 Å². The van der Waals surface area contributed by atoms with Crippen molar-refractivity contribution in [1.29, 1.82) is 0 Å². The normalized spacial score (nSPS) is 35.2. The minimum absolute atomic E-state index is 0.0480. The fourth-order valence-corrected chi connectivity index (χ4v) is 3.59. The second-order valence-electron chi connectivity index (χ2n) is 4.68. The van der Waals surface area contributed by atoms with Gasteiger partial charge in [-0.25, -0.2) is 4.79 Å². The van der Waals surface area contributed by atoms with Crippen molar-refractivity contribution in [3.63, 3.8) is 0 Å². The number of carboxylic acid groups (broad SMARTS) is 1. The number of aliphatic carboxylic acids is 1. The van der Waals surface area contributed by atoms with Crippen LogP contribution in [0.2, 0.25) is 0 Å². The highest BCUT2D eigenvalue weighted by Crippen LogP contribution is 2.57. The molecule has 1 spiro atoms. The third kappa shape index (κ3) is 1.05. The molecule has 0 amide bonds. The van der Waals surface area contributed by atoms with E-state index < -0.39 is 11.6 Å². The zero-order valence-electron chi connectivity index (χ0n) is 8.71. The van der Waals surface area contributed by atoms with E-state index in [2.05, 4.69) is 0 Å². The summed E-state index contributed by atoms with van der Waals surface area (Å²) in [5.41, 5.74) is -0.920. The Kier molecular flexibility index (Phi) is 2.30. The van der Waals surface area contributed by atoms with E-state index in [0.29, 0.717) is 6.42 Å². The van der Waals surface area contributed by atoms with Crippen molar-refractivity contribution in [2.75, 3.05) is 7.11 Å². The molecule has 2 rings (SSSR count). The van der Waals surface area contributed by atoms with Gasteiger partial charge in [0, 0.05) is 12.5 Å². The molecular weight excluding hydrogens is 180 g/mol. The van der Waals surface area contributed by atoms with E-state index in [1.807, 2.05) is 0 Å². The zero-order valence-corrected chi connectivity index (χ0v) is 8.71. The van der Waals surface area contributed by atoms with Crippen LogP contribution in [0.1, 0.15) is 44.9 Å². The first-order chi connectivity index (χ1) is 6.67. The summed E-state index contributed by atoms with van der Waals surface area (Å²) >= 11 is 0. The molecule has 1 N–H and O–H groups in total. The Balaban J connectivity index is 2.35. The van der Waals surface area contributed by atoms with Crippen LogP contribution in [0.5, 0.6) is 0 Å². The van der Waals surface area contributed by atoms with E-state index in [-0.39, 0.29) is 5.41 Å². The average molecular weight is 198 g/mol. The van der Waals surface area contributed by atoms with Crippen LogP contribution in [-0.2, 0) is 9.53 Å². The highest BCUT2D eigenvalue weighted by Gasteiger charge is 2.60. The summed E-state index contributed by atoms with van der Waals surface area (Å²) in [5.74, 6) is -0.751. The molecule has 14 heavy (non-hydrogen) atoms. The van der Waals surface area contributed by atoms with Gasteiger partial charge < -0.3 is 9.84 Å². The van der Waals surface area contributed by atoms with Gasteiger partial charge in [0.05, 0.1) is 0 Å². The molecule has 80 valence electrons. The number of hydrogen-bond donors (Lipinski definition) is 1. The van der Waals surface area contributed by atoms with Crippen LogP contribution in [0.4, 0.5) is 0 Å². The van der Waals surface area contributed by atoms with Crippen LogP contribution < -0.4 is 0 Å². The van der Waals surface area contributed by atoms with Gasteiger partial charge in [0.25, 0.3) is 0 Å². The number of carboxylic acids is 1. The van der Waals surface area contributed by atoms with Crippen LogP contribution in [0, 0.1) is 5.41 Å². The first-order valence-corrected chi connectivity index (χ1v) is 5.45. The molecule has 3 heteroatoms. The van der Waals surface area contributed by atoms with Crippen LogP contribution in [0.25, 0.3) is 0 Å². The summed E-state index contributed by atoms with van der Waals surface area (Å²) in [6, 6.07) is 0. The highest BCUT2D eigenvalue weighted by atomic mass is 16.5. The highest BCUT2D eigenvalue weighted by molar-refractivity contribution is 5.79. The van der Waals surface area contributed by atoms with Gasteiger partial charge in [-0.1, -0.05) is 12.8 Å². The van der Waals surface area contributed by atoms with Crippen molar-refractivity contribution >= 4 is 5.97 Å². The lowest BCUT2D eigenvalue weighted by Crippen LogP contribution is -2.50. The fraction of sp³-hybridized carbons (Fsp3) is 0.909. The van der Waals surface area contributed by atoms with Crippen molar-refractivity contribution < 1.29 is 14.6 Å². The molecule has 0 radical (unpaired) electrons. The van der Waals surface area contributed by atoms with E-state index >= 15 is 0 Å². The fourth-order valence-electron chi connectivity index (χ4n) is 3.59. The number of carbonyl (C=O) groups is 1. The average Bonchev–Trinajstić information content (AvgIpc) is 2.75. The van der Waals surface area contributed by atoms with Crippen LogP contribution in [0.3, 0.4) is 0 Å². The minimum Gasteiger partial charge on any atom is -0.479 e. The Morgan fingerprint density at radius 2 is 1.71 bits per heavy atom. The van der Waals surface area contributed by atoms with Crippen LogP contribution in [-0.4, -0.2) is 23.8 Å². The molecule has 2 fully saturated rings. The van der Waals surface area contributed by atoms with Crippen LogP contribution in [0.15, 0.2) is 0 Å². The van der Waals surface area contributed by atoms with Gasteiger partial charge in [-0.15, -0.1) is 0 Å². The largest absolute Gasteiger partial charge is 0.479 e. The molecule has 2 aliphatic carbocycles. The number of hydrogen-bond acceptors (Lipinski definition) is 2. The molecule has 0 heterocycles. The summed E-state index contributed by atoms with van der Waals surface area (Å²) < 4.78 is 5.40. The Morgan fingerprint density at radius 3 is 2.21 bits per heavy atom. The number of ether oxygens (including phenoxy) is 1. The maximum absolute atomic E-state index is 11.4. The molecular formula is C11H18O3. The van der Waals surface area contributed by atoms with Crippen molar-refractivity contribution in [1.82, 2.24) is 0 Å². The van der Waals surface area contributed by atoms with Crippen molar-refractivity contribution in [3.05, 3.63) is 0 Å². The molecule has 2 saturated carbocycles. The molecule has 0 aromatic rings. The molecule has 0 saturated heterocycles. The van der Waals surface area contributed by atoms with Gasteiger partial charge in [-0.2, -0.15) is 0 Å². The smallest absolute Gasteiger partial charge is 0.336 e. The molecule has 0 bridgehead atoms. The van der Waals surface area contributed by atoms with Crippen molar-refractivity contribution in [2.45, 2.75) is 50.5 Å². The molecule has 1 unspecified atom stereocenters. The molecule has 1 atom stereocenters. The number of methoxy groups -OCH3 is 1. The van der Waals surface area contributed by atoms with Gasteiger partial charge in [-0.3, -0.25) is 0 Å². The Morgan fingerprint density at radius 1 is 1.14 bits per heavy atom. The first kappa shape index (κ1) is 9.97. The van der Waals surface area contributed by atoms with E-state index in [9.17, 15) is 9.90 Å². The Bertz CT molecular complexity index is 237. The minimum atomic E-state index is -0.872. The predicted molar refractivity (Wildman–Crippen MR) is 52.1 cm³/mol. The van der Waals surface area contributed by atoms with Gasteiger partial charge >= 0.3 is 5.97 Å². The van der Waals surface area contributed by atoms with Crippen molar-refractivity contribution in [3.8, 4) is 0 Å². The third-order valence-electron chi connectivity index (χ3n) is 4.30. The summed E-state index contributed by atoms with van der Waals surface area (Å²) in [6.07, 6.45) is 7.13. The number of rotatable bonds is 2. The topological polar surface area (TPSA) is 46.5 Å². The Hall–Kier alpha value is -0.570. The first-order valence-electron chi connectivity index (χ1n) is 5.45. The molecule has 0 aliphatic heterocycles. The van der Waals surface area contributed by atoms with E-state index in [0.717, 1.165) is 25.7 Å². The quantitative estimate of drug-likeness (QED) is 0.740. The molecule has 3 nitrogen and oxygen atoms in total. The SMILES string of the molecule is COC1(C(=O)O)CCCC12CCCC2. The summed E-state index contributed by atoms with van der Waals surface area (Å²) in [5, 5.41) is 9.36. The molecule has 0 aromatic heterocycles. The predicted octanol–water partition coefficient (Wildman–Crippen LogP) is 2.20. The maximum atomic E-state index is 11.4. The van der Waals surface area contributed by atoms with Crippen molar-refractivity contribution in [2.24, 2.45) is 5.41 Å². The zero-order chi connectivity index (χ0) is 10.2. The second kappa shape index (κ2) is 3.23.